The molecule has 1 aromatic heterocycles. The van der Waals surface area contributed by atoms with Crippen LogP contribution in [0.4, 0.5) is 0 Å². The molecule has 2 atom stereocenters. The molecule has 3 aromatic rings. The number of carbonyl (C=O) groups excluding carboxylic acids is 1. The lowest BCUT2D eigenvalue weighted by Gasteiger charge is -2.39. The van der Waals surface area contributed by atoms with Crippen molar-refractivity contribution in [3.8, 4) is 5.75 Å². The molecule has 1 fully saturated rings. The molecule has 6 heteroatoms. The van der Waals surface area contributed by atoms with Gasteiger partial charge in [-0.05, 0) is 60.2 Å². The fourth-order valence-electron chi connectivity index (χ4n) is 4.50. The fraction of sp³-hybridized carbons (Fsp3) is 0.375. The van der Waals surface area contributed by atoms with E-state index in [1.807, 2.05) is 55.5 Å². The molecule has 2 aromatic carbocycles. The highest BCUT2D eigenvalue weighted by atomic mass is 16.5. The first kappa shape index (κ1) is 20.1. The Balaban J connectivity index is 1.50. The average molecular weight is 405 g/mol. The first-order valence-electron chi connectivity index (χ1n) is 10.3. The van der Waals surface area contributed by atoms with Crippen molar-refractivity contribution in [3.63, 3.8) is 0 Å². The standard InChI is InChI=1S/C24H28N4O2/c1-23(2)18(21-26-19-7-5-6-8-20(19)27-21)13-14-24(23,3)22(29)28-25-15-16-9-11-17(30-4)12-10-16/h5-12,15,18H,13-14H2,1-4H3,(H,26,27)(H,28,29). The molecule has 0 radical (unpaired) electrons. The molecule has 1 aliphatic rings. The van der Waals surface area contributed by atoms with Crippen molar-refractivity contribution in [2.45, 2.75) is 39.5 Å². The summed E-state index contributed by atoms with van der Waals surface area (Å²) >= 11 is 0. The minimum atomic E-state index is -0.548. The van der Waals surface area contributed by atoms with Crippen LogP contribution in [-0.4, -0.2) is 29.2 Å². The molecular weight excluding hydrogens is 376 g/mol. The second-order valence-electron chi connectivity index (χ2n) is 8.76. The first-order valence-corrected chi connectivity index (χ1v) is 10.3. The van der Waals surface area contributed by atoms with E-state index in [9.17, 15) is 4.79 Å². The number of methoxy groups -OCH3 is 1. The van der Waals surface area contributed by atoms with Gasteiger partial charge in [-0.25, -0.2) is 10.4 Å². The molecule has 1 saturated carbocycles. The van der Waals surface area contributed by atoms with Gasteiger partial charge in [-0.2, -0.15) is 5.10 Å². The van der Waals surface area contributed by atoms with Crippen molar-refractivity contribution in [1.82, 2.24) is 15.4 Å². The number of hydrazone groups is 1. The van der Waals surface area contributed by atoms with Crippen LogP contribution in [0.25, 0.3) is 11.0 Å². The van der Waals surface area contributed by atoms with Crippen molar-refractivity contribution < 1.29 is 9.53 Å². The van der Waals surface area contributed by atoms with E-state index in [0.29, 0.717) is 0 Å². The summed E-state index contributed by atoms with van der Waals surface area (Å²) in [4.78, 5) is 21.4. The summed E-state index contributed by atoms with van der Waals surface area (Å²) in [5.74, 6) is 1.86. The third-order valence-electron chi connectivity index (χ3n) is 6.96. The number of rotatable bonds is 5. The summed E-state index contributed by atoms with van der Waals surface area (Å²) in [6.07, 6.45) is 3.34. The Morgan fingerprint density at radius 1 is 1.20 bits per heavy atom. The molecule has 0 saturated heterocycles. The van der Waals surface area contributed by atoms with E-state index >= 15 is 0 Å². The second-order valence-corrected chi connectivity index (χ2v) is 8.76. The quantitative estimate of drug-likeness (QED) is 0.481. The number of amides is 1. The number of para-hydroxylation sites is 2. The summed E-state index contributed by atoms with van der Waals surface area (Å²) in [7, 11) is 1.63. The van der Waals surface area contributed by atoms with Gasteiger partial charge in [0.25, 0.3) is 0 Å². The molecular formula is C24H28N4O2. The Bertz CT molecular complexity index is 1050. The molecule has 1 amide bonds. The highest BCUT2D eigenvalue weighted by Gasteiger charge is 2.57. The highest BCUT2D eigenvalue weighted by Crippen LogP contribution is 2.59. The Morgan fingerprint density at radius 3 is 2.63 bits per heavy atom. The largest absolute Gasteiger partial charge is 0.497 e. The normalized spacial score (nSPS) is 23.1. The second kappa shape index (κ2) is 7.59. The number of nitrogens with one attached hydrogen (secondary N) is 2. The van der Waals surface area contributed by atoms with Crippen LogP contribution in [0.5, 0.6) is 5.75 Å². The van der Waals surface area contributed by atoms with Gasteiger partial charge in [-0.3, -0.25) is 4.79 Å². The first-order chi connectivity index (χ1) is 14.3. The average Bonchev–Trinajstić information content (AvgIpc) is 3.27. The molecule has 0 aliphatic heterocycles. The van der Waals surface area contributed by atoms with Crippen molar-refractivity contribution in [1.29, 1.82) is 0 Å². The van der Waals surface area contributed by atoms with Crippen LogP contribution in [-0.2, 0) is 4.79 Å². The number of benzene rings is 2. The maximum absolute atomic E-state index is 13.1. The molecule has 0 spiro atoms. The molecule has 30 heavy (non-hydrogen) atoms. The van der Waals surface area contributed by atoms with Crippen LogP contribution >= 0.6 is 0 Å². The number of hydrogen-bond donors (Lipinski definition) is 2. The van der Waals surface area contributed by atoms with Crippen LogP contribution in [0, 0.1) is 10.8 Å². The summed E-state index contributed by atoms with van der Waals surface area (Å²) in [6, 6.07) is 15.6. The summed E-state index contributed by atoms with van der Waals surface area (Å²) in [6.45, 7) is 6.35. The topological polar surface area (TPSA) is 79.4 Å². The summed E-state index contributed by atoms with van der Waals surface area (Å²) < 4.78 is 5.16. The van der Waals surface area contributed by atoms with E-state index in [4.69, 9.17) is 9.72 Å². The Kier molecular flexibility index (Phi) is 5.10. The third kappa shape index (κ3) is 3.36. The van der Waals surface area contributed by atoms with Gasteiger partial charge in [0.05, 0.1) is 29.8 Å². The van der Waals surface area contributed by atoms with Crippen molar-refractivity contribution in [2.24, 2.45) is 15.9 Å². The molecule has 2 N–H and O–H groups in total. The summed E-state index contributed by atoms with van der Waals surface area (Å²) in [5, 5.41) is 4.20. The lowest BCUT2D eigenvalue weighted by atomic mass is 9.65. The number of nitrogens with zero attached hydrogens (tertiary/aromatic N) is 2. The number of ether oxygens (including phenoxy) is 1. The van der Waals surface area contributed by atoms with Gasteiger partial charge in [0.2, 0.25) is 5.91 Å². The van der Waals surface area contributed by atoms with Gasteiger partial charge in [-0.1, -0.05) is 32.9 Å². The lowest BCUT2D eigenvalue weighted by molar-refractivity contribution is -0.135. The number of carbonyl (C=O) groups is 1. The summed E-state index contributed by atoms with van der Waals surface area (Å²) in [5.41, 5.74) is 4.83. The van der Waals surface area contributed by atoms with E-state index in [0.717, 1.165) is 41.0 Å². The number of imidazole rings is 1. The number of aromatic amines is 1. The maximum atomic E-state index is 13.1. The zero-order valence-corrected chi connectivity index (χ0v) is 17.9. The van der Waals surface area contributed by atoms with Gasteiger partial charge >= 0.3 is 0 Å². The van der Waals surface area contributed by atoms with Gasteiger partial charge in [0, 0.05) is 5.92 Å². The van der Waals surface area contributed by atoms with Gasteiger partial charge < -0.3 is 9.72 Å². The fourth-order valence-corrected chi connectivity index (χ4v) is 4.50. The van der Waals surface area contributed by atoms with Crippen LogP contribution < -0.4 is 10.2 Å². The smallest absolute Gasteiger partial charge is 0.246 e. The molecule has 1 heterocycles. The molecule has 4 rings (SSSR count). The predicted molar refractivity (Wildman–Crippen MR) is 119 cm³/mol. The van der Waals surface area contributed by atoms with E-state index in [2.05, 4.69) is 29.4 Å². The number of fused-ring (bicyclic) bond motifs is 1. The number of hydrogen-bond acceptors (Lipinski definition) is 4. The maximum Gasteiger partial charge on any atom is 0.246 e. The third-order valence-corrected chi connectivity index (χ3v) is 6.96. The minimum Gasteiger partial charge on any atom is -0.497 e. The molecule has 0 bridgehead atoms. The van der Waals surface area contributed by atoms with Gasteiger partial charge in [-0.15, -0.1) is 0 Å². The Morgan fingerprint density at radius 2 is 1.93 bits per heavy atom. The van der Waals surface area contributed by atoms with E-state index in [1.54, 1.807) is 13.3 Å². The number of aromatic nitrogens is 2. The van der Waals surface area contributed by atoms with Crippen LogP contribution in [0.1, 0.15) is 50.9 Å². The Hall–Kier alpha value is -3.15. The zero-order valence-electron chi connectivity index (χ0n) is 17.9. The molecule has 6 nitrogen and oxygen atoms in total. The van der Waals surface area contributed by atoms with Crippen LogP contribution in [0.2, 0.25) is 0 Å². The van der Waals surface area contributed by atoms with Crippen LogP contribution in [0.3, 0.4) is 0 Å². The Labute approximate surface area is 176 Å². The molecule has 2 unspecified atom stereocenters. The van der Waals surface area contributed by atoms with E-state index in [-0.39, 0.29) is 17.2 Å². The SMILES string of the molecule is COc1ccc(C=NNC(=O)C2(C)CCC(c3nc4ccccc4[nH]3)C2(C)C)cc1. The molecule has 156 valence electrons. The van der Waals surface area contributed by atoms with Gasteiger partial charge in [0.15, 0.2) is 0 Å². The van der Waals surface area contributed by atoms with E-state index in [1.165, 1.54) is 0 Å². The van der Waals surface area contributed by atoms with Crippen molar-refractivity contribution >= 4 is 23.2 Å². The predicted octanol–water partition coefficient (Wildman–Crippen LogP) is 4.63. The van der Waals surface area contributed by atoms with Gasteiger partial charge in [0.1, 0.15) is 11.6 Å². The lowest BCUT2D eigenvalue weighted by Crippen LogP contribution is -2.45. The van der Waals surface area contributed by atoms with E-state index < -0.39 is 5.41 Å². The minimum absolute atomic E-state index is 0.0594. The molecule has 1 aliphatic carbocycles. The van der Waals surface area contributed by atoms with Crippen LogP contribution in [0.15, 0.2) is 53.6 Å². The number of H-pyrrole nitrogens is 1. The van der Waals surface area contributed by atoms with Crippen molar-refractivity contribution in [3.05, 3.63) is 59.9 Å². The highest BCUT2D eigenvalue weighted by molar-refractivity contribution is 5.86. The monoisotopic (exact) mass is 404 g/mol. The zero-order chi connectivity index (χ0) is 21.4. The van der Waals surface area contributed by atoms with Crippen molar-refractivity contribution in [2.75, 3.05) is 7.11 Å².